The zero-order valence-corrected chi connectivity index (χ0v) is 12.7. The van der Waals surface area contributed by atoms with Crippen molar-refractivity contribution in [1.82, 2.24) is 4.98 Å². The Hall–Kier alpha value is -2.31. The Kier molecular flexibility index (Phi) is 5.19. The number of hydrogen-bond donors (Lipinski definition) is 2. The Balaban J connectivity index is 2.02. The number of pyridine rings is 1. The molecule has 1 aliphatic rings. The van der Waals surface area contributed by atoms with E-state index in [1.54, 1.807) is 12.1 Å². The molecule has 0 amide bonds. The van der Waals surface area contributed by atoms with Crippen LogP contribution >= 0.6 is 0 Å². The van der Waals surface area contributed by atoms with Gasteiger partial charge in [-0.05, 0) is 37.8 Å². The smallest absolute Gasteiger partial charge is 0.343 e. The van der Waals surface area contributed by atoms with Crippen molar-refractivity contribution < 1.29 is 24.2 Å². The lowest BCUT2D eigenvalue weighted by molar-refractivity contribution is -0.142. The number of nitrogens with zero attached hydrogens (tertiary/aromatic N) is 1. The molecule has 1 saturated carbocycles. The number of carbonyl (C=O) groups excluding carboxylic acids is 1. The minimum atomic E-state index is -0.722. The van der Waals surface area contributed by atoms with Crippen molar-refractivity contribution >= 4 is 17.8 Å². The number of rotatable bonds is 5. The Morgan fingerprint density at radius 2 is 1.91 bits per heavy atom. The summed E-state index contributed by atoms with van der Waals surface area (Å²) in [5.74, 6) is -0.667. The first-order valence-corrected chi connectivity index (χ1v) is 7.17. The van der Waals surface area contributed by atoms with Crippen molar-refractivity contribution in [2.24, 2.45) is 5.92 Å². The third-order valence-corrected chi connectivity index (χ3v) is 3.89. The summed E-state index contributed by atoms with van der Waals surface area (Å²) in [4.78, 5) is 26.8. The molecule has 22 heavy (non-hydrogen) atoms. The van der Waals surface area contributed by atoms with Crippen LogP contribution in [-0.4, -0.2) is 42.3 Å². The van der Waals surface area contributed by atoms with Gasteiger partial charge in [-0.3, -0.25) is 4.79 Å². The van der Waals surface area contributed by atoms with Gasteiger partial charge in [0.15, 0.2) is 0 Å². The van der Waals surface area contributed by atoms with E-state index in [1.807, 2.05) is 0 Å². The molecule has 1 fully saturated rings. The number of carboxylic acids is 1. The van der Waals surface area contributed by atoms with Gasteiger partial charge < -0.3 is 19.9 Å². The fourth-order valence-corrected chi connectivity index (χ4v) is 2.64. The number of hydrogen-bond acceptors (Lipinski definition) is 6. The molecule has 0 aromatic carbocycles. The molecule has 1 aliphatic carbocycles. The fourth-order valence-electron chi connectivity index (χ4n) is 2.64. The first kappa shape index (κ1) is 16.1. The summed E-state index contributed by atoms with van der Waals surface area (Å²) >= 11 is 0. The van der Waals surface area contributed by atoms with Crippen LogP contribution in [0.2, 0.25) is 0 Å². The third kappa shape index (κ3) is 3.66. The zero-order chi connectivity index (χ0) is 16.1. The zero-order valence-electron chi connectivity index (χ0n) is 12.7. The maximum atomic E-state index is 11.6. The number of aliphatic carboxylic acids is 1. The van der Waals surface area contributed by atoms with Gasteiger partial charge in [-0.2, -0.15) is 4.98 Å². The summed E-state index contributed by atoms with van der Waals surface area (Å²) in [5.41, 5.74) is 0.269. The number of carboxylic acid groups (broad SMARTS) is 1. The molecule has 0 atom stereocenters. The highest BCUT2D eigenvalue weighted by molar-refractivity contribution is 5.92. The molecule has 0 saturated heterocycles. The van der Waals surface area contributed by atoms with Gasteiger partial charge in [-0.15, -0.1) is 0 Å². The number of nitrogens with one attached hydrogen (secondary N) is 1. The van der Waals surface area contributed by atoms with E-state index in [-0.39, 0.29) is 23.4 Å². The van der Waals surface area contributed by atoms with Gasteiger partial charge in [0.2, 0.25) is 5.88 Å². The van der Waals surface area contributed by atoms with Crippen LogP contribution in [0.5, 0.6) is 5.88 Å². The van der Waals surface area contributed by atoms with E-state index >= 15 is 0 Å². The normalized spacial score (nSPS) is 21.0. The Morgan fingerprint density at radius 1 is 1.23 bits per heavy atom. The molecule has 1 aromatic heterocycles. The molecular weight excluding hydrogens is 288 g/mol. The summed E-state index contributed by atoms with van der Waals surface area (Å²) in [6, 6.07) is 3.47. The second-order valence-electron chi connectivity index (χ2n) is 5.28. The molecule has 0 radical (unpaired) electrons. The SMILES string of the molecule is COC(=O)c1ccc(NC2CCC(C(=O)O)CC2)nc1OC. The number of anilines is 1. The second-order valence-corrected chi connectivity index (χ2v) is 5.28. The van der Waals surface area contributed by atoms with Crippen LogP contribution in [0.25, 0.3) is 0 Å². The maximum absolute atomic E-state index is 11.6. The van der Waals surface area contributed by atoms with Crippen molar-refractivity contribution in [3.63, 3.8) is 0 Å². The first-order chi connectivity index (χ1) is 10.5. The van der Waals surface area contributed by atoms with Gasteiger partial charge in [0, 0.05) is 6.04 Å². The van der Waals surface area contributed by atoms with E-state index in [0.717, 1.165) is 12.8 Å². The average molecular weight is 308 g/mol. The van der Waals surface area contributed by atoms with Crippen molar-refractivity contribution in [2.45, 2.75) is 31.7 Å². The molecule has 0 bridgehead atoms. The number of methoxy groups -OCH3 is 2. The van der Waals surface area contributed by atoms with E-state index in [0.29, 0.717) is 18.7 Å². The Labute approximate surface area is 128 Å². The van der Waals surface area contributed by atoms with Gasteiger partial charge >= 0.3 is 11.9 Å². The lowest BCUT2D eigenvalue weighted by Gasteiger charge is -2.27. The van der Waals surface area contributed by atoms with E-state index < -0.39 is 11.9 Å². The van der Waals surface area contributed by atoms with E-state index in [4.69, 9.17) is 9.84 Å². The van der Waals surface area contributed by atoms with Crippen LogP contribution in [0.3, 0.4) is 0 Å². The highest BCUT2D eigenvalue weighted by Gasteiger charge is 2.26. The van der Waals surface area contributed by atoms with E-state index in [2.05, 4.69) is 15.0 Å². The Bertz CT molecular complexity index is 553. The molecule has 1 aromatic rings. The van der Waals surface area contributed by atoms with Crippen molar-refractivity contribution in [1.29, 1.82) is 0 Å². The van der Waals surface area contributed by atoms with Gasteiger partial charge in [0.05, 0.1) is 20.1 Å². The summed E-state index contributed by atoms with van der Waals surface area (Å²) in [6.07, 6.45) is 2.87. The Morgan fingerprint density at radius 3 is 2.45 bits per heavy atom. The quantitative estimate of drug-likeness (QED) is 0.802. The largest absolute Gasteiger partial charge is 0.481 e. The maximum Gasteiger partial charge on any atom is 0.343 e. The van der Waals surface area contributed by atoms with Gasteiger partial charge in [0.1, 0.15) is 11.4 Å². The molecule has 1 heterocycles. The minimum absolute atomic E-state index is 0.178. The third-order valence-electron chi connectivity index (χ3n) is 3.89. The van der Waals surface area contributed by atoms with Crippen LogP contribution in [0.1, 0.15) is 36.0 Å². The second kappa shape index (κ2) is 7.11. The van der Waals surface area contributed by atoms with Crippen molar-refractivity contribution in [2.75, 3.05) is 19.5 Å². The number of aromatic nitrogens is 1. The van der Waals surface area contributed by atoms with Gasteiger partial charge in [-0.1, -0.05) is 0 Å². The van der Waals surface area contributed by atoms with Crippen LogP contribution < -0.4 is 10.1 Å². The lowest BCUT2D eigenvalue weighted by Crippen LogP contribution is -2.29. The molecule has 7 heteroatoms. The molecule has 120 valence electrons. The number of esters is 1. The summed E-state index contributed by atoms with van der Waals surface area (Å²) < 4.78 is 9.78. The van der Waals surface area contributed by atoms with Gasteiger partial charge in [0.25, 0.3) is 0 Å². The van der Waals surface area contributed by atoms with Crippen LogP contribution in [0.4, 0.5) is 5.82 Å². The van der Waals surface area contributed by atoms with Crippen molar-refractivity contribution in [3.05, 3.63) is 17.7 Å². The van der Waals surface area contributed by atoms with Crippen LogP contribution in [-0.2, 0) is 9.53 Å². The van der Waals surface area contributed by atoms with E-state index in [1.165, 1.54) is 14.2 Å². The average Bonchev–Trinajstić information content (AvgIpc) is 2.54. The molecule has 0 spiro atoms. The highest BCUT2D eigenvalue weighted by atomic mass is 16.5. The molecule has 0 unspecified atom stereocenters. The minimum Gasteiger partial charge on any atom is -0.481 e. The van der Waals surface area contributed by atoms with E-state index in [9.17, 15) is 9.59 Å². The molecular formula is C15H20N2O5. The molecule has 2 N–H and O–H groups in total. The number of carbonyl (C=O) groups is 2. The summed E-state index contributed by atoms with van der Waals surface area (Å²) in [5, 5.41) is 12.3. The molecule has 2 rings (SSSR count). The fraction of sp³-hybridized carbons (Fsp3) is 0.533. The highest BCUT2D eigenvalue weighted by Crippen LogP contribution is 2.27. The summed E-state index contributed by atoms with van der Waals surface area (Å²) in [6.45, 7) is 0. The first-order valence-electron chi connectivity index (χ1n) is 7.17. The predicted octanol–water partition coefficient (Wildman–Crippen LogP) is 1.93. The van der Waals surface area contributed by atoms with Crippen LogP contribution in [0.15, 0.2) is 12.1 Å². The summed E-state index contributed by atoms with van der Waals surface area (Å²) in [7, 11) is 2.74. The van der Waals surface area contributed by atoms with Gasteiger partial charge in [-0.25, -0.2) is 4.79 Å². The lowest BCUT2D eigenvalue weighted by atomic mass is 9.86. The standard InChI is InChI=1S/C15H20N2O5/c1-21-13-11(15(20)22-2)7-8-12(17-13)16-10-5-3-9(4-6-10)14(18)19/h7-10H,3-6H2,1-2H3,(H,16,17)(H,18,19). The molecule has 7 nitrogen and oxygen atoms in total. The van der Waals surface area contributed by atoms with Crippen LogP contribution in [0, 0.1) is 5.92 Å². The topological polar surface area (TPSA) is 97.8 Å². The predicted molar refractivity (Wildman–Crippen MR) is 79.1 cm³/mol. The monoisotopic (exact) mass is 308 g/mol. The van der Waals surface area contributed by atoms with Crippen molar-refractivity contribution in [3.8, 4) is 5.88 Å². The number of ether oxygens (including phenoxy) is 2. The molecule has 0 aliphatic heterocycles.